The first-order valence-corrected chi connectivity index (χ1v) is 3.38. The minimum atomic E-state index is -3.14. The van der Waals surface area contributed by atoms with Gasteiger partial charge in [0.2, 0.25) is 0 Å². The molecule has 0 aliphatic carbocycles. The van der Waals surface area contributed by atoms with Crippen LogP contribution in [0.15, 0.2) is 11.0 Å². The van der Waals surface area contributed by atoms with E-state index in [1.807, 2.05) is 4.98 Å². The van der Waals surface area contributed by atoms with Crippen LogP contribution in [0.1, 0.15) is 12.0 Å². The van der Waals surface area contributed by atoms with Crippen molar-refractivity contribution in [3.05, 3.63) is 32.1 Å². The number of nitrogen functional groups attached to an aromatic ring is 1. The second-order valence-electron chi connectivity index (χ2n) is 2.39. The van der Waals surface area contributed by atoms with Crippen LogP contribution >= 0.6 is 0 Å². The Balaban J connectivity index is 3.50. The fourth-order valence-electron chi connectivity index (χ4n) is 0.902. The van der Waals surface area contributed by atoms with Crippen molar-refractivity contribution < 1.29 is 13.7 Å². The largest absolute Gasteiger partial charge is 0.385 e. The van der Waals surface area contributed by atoms with E-state index in [1.165, 1.54) is 0 Å². The Labute approximate surface area is 75.5 Å². The summed E-state index contributed by atoms with van der Waals surface area (Å²) >= 11 is 0. The van der Waals surface area contributed by atoms with Crippen LogP contribution in [-0.4, -0.2) is 9.91 Å². The van der Waals surface area contributed by atoms with Crippen LogP contribution in [0.25, 0.3) is 0 Å². The average molecular weight is 205 g/mol. The molecule has 0 atom stereocenters. The zero-order valence-electron chi connectivity index (χ0n) is 6.66. The van der Waals surface area contributed by atoms with Crippen LogP contribution in [0.5, 0.6) is 0 Å². The van der Waals surface area contributed by atoms with Gasteiger partial charge in [-0.1, -0.05) is 0 Å². The van der Waals surface area contributed by atoms with Gasteiger partial charge in [-0.2, -0.15) is 0 Å². The summed E-state index contributed by atoms with van der Waals surface area (Å²) in [7, 11) is 0. The SMILES string of the molecule is Nc1[nH]cc([N+](=O)[O-])c(=O)c1C(F)F. The van der Waals surface area contributed by atoms with Gasteiger partial charge in [-0.25, -0.2) is 8.78 Å². The molecule has 0 saturated carbocycles. The fourth-order valence-corrected chi connectivity index (χ4v) is 0.902. The molecular formula is C6H5F2N3O3. The molecule has 0 aromatic carbocycles. The molecule has 1 heterocycles. The second-order valence-corrected chi connectivity index (χ2v) is 2.39. The smallest absolute Gasteiger partial charge is 0.332 e. The van der Waals surface area contributed by atoms with Gasteiger partial charge in [0.05, 0.1) is 11.1 Å². The normalized spacial score (nSPS) is 10.5. The lowest BCUT2D eigenvalue weighted by Crippen LogP contribution is -2.17. The summed E-state index contributed by atoms with van der Waals surface area (Å²) in [6.07, 6.45) is -2.46. The predicted octanol–water partition coefficient (Wildman–Crippen LogP) is 0.803. The number of nitrogens with two attached hydrogens (primary N) is 1. The molecule has 0 fully saturated rings. The molecule has 0 aliphatic heterocycles. The van der Waals surface area contributed by atoms with E-state index < -0.39 is 33.8 Å². The number of H-pyrrole nitrogens is 1. The number of alkyl halides is 2. The third-order valence-corrected chi connectivity index (χ3v) is 1.55. The number of nitrogens with zero attached hydrogens (tertiary/aromatic N) is 1. The van der Waals surface area contributed by atoms with Crippen LogP contribution < -0.4 is 11.2 Å². The van der Waals surface area contributed by atoms with Gasteiger partial charge in [-0.3, -0.25) is 14.9 Å². The molecule has 76 valence electrons. The van der Waals surface area contributed by atoms with Crippen molar-refractivity contribution in [1.82, 2.24) is 4.98 Å². The average Bonchev–Trinajstić information content (AvgIpc) is 2.02. The van der Waals surface area contributed by atoms with Crippen LogP contribution in [0.3, 0.4) is 0 Å². The Morgan fingerprint density at radius 3 is 2.57 bits per heavy atom. The number of halogens is 2. The number of hydrogen-bond donors (Lipinski definition) is 2. The first-order valence-electron chi connectivity index (χ1n) is 3.38. The van der Waals surface area contributed by atoms with Crippen molar-refractivity contribution in [3.63, 3.8) is 0 Å². The highest BCUT2D eigenvalue weighted by atomic mass is 19.3. The minimum Gasteiger partial charge on any atom is -0.385 e. The topological polar surface area (TPSA) is 102 Å². The van der Waals surface area contributed by atoms with Gasteiger partial charge in [-0.15, -0.1) is 0 Å². The molecule has 1 aromatic rings. The number of pyridine rings is 1. The van der Waals surface area contributed by atoms with Crippen molar-refractivity contribution in [2.45, 2.75) is 6.43 Å². The fraction of sp³-hybridized carbons (Fsp3) is 0.167. The van der Waals surface area contributed by atoms with Gasteiger partial charge in [0.25, 0.3) is 11.9 Å². The number of hydrogen-bond acceptors (Lipinski definition) is 4. The van der Waals surface area contributed by atoms with Crippen molar-refractivity contribution >= 4 is 11.5 Å². The zero-order chi connectivity index (χ0) is 10.9. The maximum absolute atomic E-state index is 12.2. The van der Waals surface area contributed by atoms with Crippen LogP contribution in [0, 0.1) is 10.1 Å². The lowest BCUT2D eigenvalue weighted by Gasteiger charge is -2.02. The molecule has 1 aromatic heterocycles. The van der Waals surface area contributed by atoms with Gasteiger partial charge < -0.3 is 10.7 Å². The van der Waals surface area contributed by atoms with E-state index in [-0.39, 0.29) is 0 Å². The highest BCUT2D eigenvalue weighted by Crippen LogP contribution is 2.21. The summed E-state index contributed by atoms with van der Waals surface area (Å²) in [4.78, 5) is 22.2. The van der Waals surface area contributed by atoms with E-state index in [1.54, 1.807) is 0 Å². The van der Waals surface area contributed by atoms with E-state index in [9.17, 15) is 23.7 Å². The predicted molar refractivity (Wildman–Crippen MR) is 43.1 cm³/mol. The second kappa shape index (κ2) is 3.40. The molecule has 0 unspecified atom stereocenters. The lowest BCUT2D eigenvalue weighted by molar-refractivity contribution is -0.386. The summed E-state index contributed by atoms with van der Waals surface area (Å²) in [5.74, 6) is -0.560. The summed E-state index contributed by atoms with van der Waals surface area (Å²) in [5.41, 5.74) is 1.65. The highest BCUT2D eigenvalue weighted by Gasteiger charge is 2.23. The van der Waals surface area contributed by atoms with E-state index in [0.717, 1.165) is 0 Å². The maximum atomic E-state index is 12.2. The quantitative estimate of drug-likeness (QED) is 0.550. The summed E-state index contributed by atoms with van der Waals surface area (Å²) < 4.78 is 24.4. The number of nitro groups is 1. The minimum absolute atomic E-state index is 0.560. The van der Waals surface area contributed by atoms with Crippen molar-refractivity contribution in [3.8, 4) is 0 Å². The molecule has 14 heavy (non-hydrogen) atoms. The molecule has 0 spiro atoms. The number of nitrogens with one attached hydrogen (secondary N) is 1. The Hall–Kier alpha value is -1.99. The first kappa shape index (κ1) is 10.1. The van der Waals surface area contributed by atoms with Gasteiger partial charge in [-0.05, 0) is 0 Å². The molecule has 0 radical (unpaired) electrons. The first-order chi connectivity index (χ1) is 6.45. The summed E-state index contributed by atoms with van der Waals surface area (Å²) in [6, 6.07) is 0. The molecule has 0 saturated heterocycles. The van der Waals surface area contributed by atoms with Crippen LogP contribution in [0.4, 0.5) is 20.3 Å². The van der Waals surface area contributed by atoms with Gasteiger partial charge in [0.1, 0.15) is 11.4 Å². The van der Waals surface area contributed by atoms with Crippen molar-refractivity contribution in [1.29, 1.82) is 0 Å². The molecule has 1 rings (SSSR count). The van der Waals surface area contributed by atoms with E-state index in [4.69, 9.17) is 5.73 Å². The van der Waals surface area contributed by atoms with Gasteiger partial charge >= 0.3 is 5.69 Å². The molecule has 6 nitrogen and oxygen atoms in total. The van der Waals surface area contributed by atoms with E-state index in [2.05, 4.69) is 0 Å². The Kier molecular flexibility index (Phi) is 2.45. The zero-order valence-corrected chi connectivity index (χ0v) is 6.66. The third kappa shape index (κ3) is 1.53. The Bertz CT molecular complexity index is 429. The van der Waals surface area contributed by atoms with Gasteiger partial charge in [0, 0.05) is 0 Å². The van der Waals surface area contributed by atoms with Crippen molar-refractivity contribution in [2.24, 2.45) is 0 Å². The Morgan fingerprint density at radius 2 is 2.14 bits per heavy atom. The number of rotatable bonds is 2. The lowest BCUT2D eigenvalue weighted by atomic mass is 10.2. The van der Waals surface area contributed by atoms with Crippen molar-refractivity contribution in [2.75, 3.05) is 5.73 Å². The highest BCUT2D eigenvalue weighted by molar-refractivity contribution is 5.46. The van der Waals surface area contributed by atoms with E-state index >= 15 is 0 Å². The summed E-state index contributed by atoms with van der Waals surface area (Å²) in [5, 5.41) is 10.2. The van der Waals surface area contributed by atoms with Gasteiger partial charge in [0.15, 0.2) is 0 Å². The number of aromatic nitrogens is 1. The van der Waals surface area contributed by atoms with E-state index in [0.29, 0.717) is 6.20 Å². The molecule has 8 heteroatoms. The standard InChI is InChI=1S/C6H5F2N3O3/c7-5(8)3-4(12)2(11(13)14)1-10-6(3)9/h1,5H,(H3,9,10,12). The Morgan fingerprint density at radius 1 is 1.57 bits per heavy atom. The molecular weight excluding hydrogens is 200 g/mol. The molecule has 3 N–H and O–H groups in total. The number of anilines is 1. The summed E-state index contributed by atoms with van der Waals surface area (Å²) in [6.45, 7) is 0. The molecule has 0 aliphatic rings. The third-order valence-electron chi connectivity index (χ3n) is 1.55. The number of aromatic amines is 1. The molecule has 0 amide bonds. The molecule has 0 bridgehead atoms. The van der Waals surface area contributed by atoms with Crippen LogP contribution in [0.2, 0.25) is 0 Å². The maximum Gasteiger partial charge on any atom is 0.332 e. The monoisotopic (exact) mass is 205 g/mol. The van der Waals surface area contributed by atoms with Crippen LogP contribution in [-0.2, 0) is 0 Å².